The van der Waals surface area contributed by atoms with Gasteiger partial charge >= 0.3 is 6.01 Å². The summed E-state index contributed by atoms with van der Waals surface area (Å²) in [5, 5.41) is 8.45. The van der Waals surface area contributed by atoms with E-state index in [0.717, 1.165) is 36.7 Å². The molecule has 2 saturated heterocycles. The Balaban J connectivity index is 1.44. The molecule has 0 spiro atoms. The summed E-state index contributed by atoms with van der Waals surface area (Å²) in [7, 11) is 0. The van der Waals surface area contributed by atoms with E-state index < -0.39 is 0 Å². The first-order valence-electron chi connectivity index (χ1n) is 7.59. The predicted molar refractivity (Wildman–Crippen MR) is 78.0 cm³/mol. The Hall–Kier alpha value is -2.28. The molecule has 3 aliphatic rings. The third kappa shape index (κ3) is 1.85. The maximum Gasteiger partial charge on any atom is 0.318 e. The molecule has 2 atom stereocenters. The van der Waals surface area contributed by atoms with Gasteiger partial charge in [0.2, 0.25) is 12.7 Å². The zero-order valence-electron chi connectivity index (χ0n) is 12.1. The molecule has 5 rings (SSSR count). The smallest absolute Gasteiger partial charge is 0.318 e. The van der Waals surface area contributed by atoms with Crippen molar-refractivity contribution < 1.29 is 13.9 Å². The van der Waals surface area contributed by atoms with Crippen LogP contribution in [-0.2, 0) is 0 Å². The second-order valence-electron chi connectivity index (χ2n) is 5.89. The van der Waals surface area contributed by atoms with E-state index in [-0.39, 0.29) is 6.79 Å². The first kappa shape index (κ1) is 12.3. The minimum absolute atomic E-state index is 0.264. The molecule has 0 N–H and O–H groups in total. The van der Waals surface area contributed by atoms with Gasteiger partial charge in [0.25, 0.3) is 0 Å². The Morgan fingerprint density at radius 3 is 3.00 bits per heavy atom. The molecule has 0 aliphatic carbocycles. The van der Waals surface area contributed by atoms with Crippen molar-refractivity contribution in [3.05, 3.63) is 18.2 Å². The molecule has 4 heterocycles. The third-order valence-corrected chi connectivity index (χ3v) is 4.62. The van der Waals surface area contributed by atoms with Crippen molar-refractivity contribution in [2.75, 3.05) is 37.9 Å². The van der Waals surface area contributed by atoms with Crippen molar-refractivity contribution in [2.45, 2.75) is 12.5 Å². The summed E-state index contributed by atoms with van der Waals surface area (Å²) >= 11 is 0. The third-order valence-electron chi connectivity index (χ3n) is 4.62. The molecule has 114 valence electrons. The fraction of sp³-hybridized carbons (Fsp3) is 0.467. The number of anilines is 1. The van der Waals surface area contributed by atoms with Gasteiger partial charge in [-0.3, -0.25) is 4.90 Å². The number of piperazine rings is 1. The Morgan fingerprint density at radius 1 is 1.05 bits per heavy atom. The van der Waals surface area contributed by atoms with Crippen LogP contribution < -0.4 is 14.4 Å². The highest BCUT2D eigenvalue weighted by molar-refractivity contribution is 5.60. The molecule has 1 aromatic heterocycles. The summed E-state index contributed by atoms with van der Waals surface area (Å²) < 4.78 is 16.6. The van der Waals surface area contributed by atoms with E-state index in [1.807, 2.05) is 18.2 Å². The van der Waals surface area contributed by atoms with Crippen molar-refractivity contribution in [3.8, 4) is 23.0 Å². The minimum atomic E-state index is 0.264. The Bertz CT molecular complexity index is 717. The lowest BCUT2D eigenvalue weighted by Crippen LogP contribution is -2.46. The van der Waals surface area contributed by atoms with Gasteiger partial charge in [0.05, 0.1) is 0 Å². The number of rotatable bonds is 2. The Labute approximate surface area is 127 Å². The highest BCUT2D eigenvalue weighted by atomic mass is 16.7. The molecule has 3 aliphatic heterocycles. The average molecular weight is 300 g/mol. The molecule has 0 amide bonds. The zero-order valence-corrected chi connectivity index (χ0v) is 12.1. The van der Waals surface area contributed by atoms with E-state index in [1.165, 1.54) is 13.0 Å². The summed E-state index contributed by atoms with van der Waals surface area (Å²) in [6.07, 6.45) is 1.17. The van der Waals surface area contributed by atoms with Gasteiger partial charge in [-0.15, -0.1) is 5.10 Å². The monoisotopic (exact) mass is 300 g/mol. The normalized spacial score (nSPS) is 25.7. The van der Waals surface area contributed by atoms with Crippen molar-refractivity contribution in [3.63, 3.8) is 0 Å². The van der Waals surface area contributed by atoms with Crippen molar-refractivity contribution in [1.82, 2.24) is 15.1 Å². The lowest BCUT2D eigenvalue weighted by molar-refractivity contribution is 0.174. The van der Waals surface area contributed by atoms with Crippen LogP contribution in [0.5, 0.6) is 11.5 Å². The van der Waals surface area contributed by atoms with E-state index in [1.54, 1.807) is 0 Å². The van der Waals surface area contributed by atoms with Crippen LogP contribution in [-0.4, -0.2) is 54.1 Å². The fourth-order valence-corrected chi connectivity index (χ4v) is 3.43. The quantitative estimate of drug-likeness (QED) is 0.829. The topological polar surface area (TPSA) is 63.9 Å². The average Bonchev–Trinajstić information content (AvgIpc) is 3.27. The zero-order chi connectivity index (χ0) is 14.5. The van der Waals surface area contributed by atoms with Crippen LogP contribution in [0, 0.1) is 0 Å². The molecule has 2 unspecified atom stereocenters. The van der Waals surface area contributed by atoms with Crippen LogP contribution in [0.2, 0.25) is 0 Å². The molecule has 0 radical (unpaired) electrons. The second-order valence-corrected chi connectivity index (χ2v) is 5.89. The van der Waals surface area contributed by atoms with Crippen LogP contribution in [0.3, 0.4) is 0 Å². The predicted octanol–water partition coefficient (Wildman–Crippen LogP) is 1.36. The molecule has 7 heteroatoms. The molecular weight excluding hydrogens is 284 g/mol. The molecule has 0 saturated carbocycles. The van der Waals surface area contributed by atoms with Crippen LogP contribution in [0.25, 0.3) is 11.5 Å². The van der Waals surface area contributed by atoms with Crippen molar-refractivity contribution in [2.24, 2.45) is 0 Å². The van der Waals surface area contributed by atoms with Gasteiger partial charge in [0.15, 0.2) is 11.5 Å². The van der Waals surface area contributed by atoms with Gasteiger partial charge in [-0.05, 0) is 24.6 Å². The summed E-state index contributed by atoms with van der Waals surface area (Å²) in [5.41, 5.74) is 0.855. The number of aromatic nitrogens is 2. The number of nitrogens with zero attached hydrogens (tertiary/aromatic N) is 4. The summed E-state index contributed by atoms with van der Waals surface area (Å²) in [4.78, 5) is 4.73. The second kappa shape index (κ2) is 4.61. The summed E-state index contributed by atoms with van der Waals surface area (Å²) in [6, 6.07) is 6.79. The highest BCUT2D eigenvalue weighted by Crippen LogP contribution is 2.36. The van der Waals surface area contributed by atoms with Gasteiger partial charge < -0.3 is 18.8 Å². The van der Waals surface area contributed by atoms with E-state index in [4.69, 9.17) is 13.9 Å². The molecule has 2 fully saturated rings. The SMILES string of the molecule is c1cc2c(cc1-c1nnc(N3CCN4CCC3C4)o1)OCO2. The van der Waals surface area contributed by atoms with Crippen LogP contribution in [0.4, 0.5) is 6.01 Å². The van der Waals surface area contributed by atoms with Crippen molar-refractivity contribution in [1.29, 1.82) is 0 Å². The van der Waals surface area contributed by atoms with Gasteiger partial charge in [-0.1, -0.05) is 5.10 Å². The number of ether oxygens (including phenoxy) is 2. The maximum atomic E-state index is 5.91. The Kier molecular flexibility index (Phi) is 2.57. The Morgan fingerprint density at radius 2 is 2.00 bits per heavy atom. The number of fused-ring (bicyclic) bond motifs is 3. The van der Waals surface area contributed by atoms with Crippen LogP contribution >= 0.6 is 0 Å². The van der Waals surface area contributed by atoms with Gasteiger partial charge in [-0.25, -0.2) is 0 Å². The maximum absolute atomic E-state index is 5.91. The van der Waals surface area contributed by atoms with Gasteiger partial charge in [0.1, 0.15) is 0 Å². The molecule has 7 nitrogen and oxygen atoms in total. The van der Waals surface area contributed by atoms with E-state index in [9.17, 15) is 0 Å². The van der Waals surface area contributed by atoms with Crippen LogP contribution in [0.1, 0.15) is 6.42 Å². The number of hydrogen-bond acceptors (Lipinski definition) is 7. The van der Waals surface area contributed by atoms with E-state index >= 15 is 0 Å². The minimum Gasteiger partial charge on any atom is -0.454 e. The molecule has 2 aromatic rings. The summed E-state index contributed by atoms with van der Waals surface area (Å²) in [6.45, 7) is 4.55. The fourth-order valence-electron chi connectivity index (χ4n) is 3.43. The number of hydrogen-bond donors (Lipinski definition) is 0. The number of benzene rings is 1. The van der Waals surface area contributed by atoms with Gasteiger partial charge in [0, 0.05) is 37.8 Å². The van der Waals surface area contributed by atoms with Gasteiger partial charge in [-0.2, -0.15) is 0 Å². The molecular formula is C15H16N4O3. The molecule has 1 aromatic carbocycles. The standard InChI is InChI=1S/C15H16N4O3/c1-2-12-13(21-9-20-12)7-10(1)14-16-17-15(22-14)19-6-5-18-4-3-11(19)8-18/h1-2,7,11H,3-6,8-9H2. The van der Waals surface area contributed by atoms with Crippen LogP contribution in [0.15, 0.2) is 22.6 Å². The lowest BCUT2D eigenvalue weighted by atomic mass is 10.2. The molecule has 22 heavy (non-hydrogen) atoms. The van der Waals surface area contributed by atoms with E-state index in [2.05, 4.69) is 20.0 Å². The largest absolute Gasteiger partial charge is 0.454 e. The van der Waals surface area contributed by atoms with Crippen molar-refractivity contribution >= 4 is 6.01 Å². The molecule has 2 bridgehead atoms. The lowest BCUT2D eigenvalue weighted by Gasteiger charge is -2.32. The first-order chi connectivity index (χ1) is 10.9. The highest BCUT2D eigenvalue weighted by Gasteiger charge is 2.35. The summed E-state index contributed by atoms with van der Waals surface area (Å²) in [5.74, 6) is 2.00. The van der Waals surface area contributed by atoms with E-state index in [0.29, 0.717) is 17.9 Å². The first-order valence-corrected chi connectivity index (χ1v) is 7.59.